The smallest absolute Gasteiger partial charge is 0.244 e. The van der Waals surface area contributed by atoms with Gasteiger partial charge in [-0.3, -0.25) is 14.4 Å². The molecule has 4 rings (SSSR count). The highest BCUT2D eigenvalue weighted by Gasteiger charge is 2.75. The predicted molar refractivity (Wildman–Crippen MR) is 138 cm³/mol. The summed E-state index contributed by atoms with van der Waals surface area (Å²) in [5.41, 5.74) is 0.702. The van der Waals surface area contributed by atoms with Gasteiger partial charge in [-0.2, -0.15) is 0 Å². The van der Waals surface area contributed by atoms with Gasteiger partial charge in [0.05, 0.1) is 16.6 Å². The molecule has 0 saturated carbocycles. The van der Waals surface area contributed by atoms with Crippen molar-refractivity contribution in [2.24, 2.45) is 11.8 Å². The molecule has 3 heterocycles. The molecule has 1 aromatic carbocycles. The first-order valence-electron chi connectivity index (χ1n) is 12.2. The summed E-state index contributed by atoms with van der Waals surface area (Å²) in [5.74, 6) is -1.45. The van der Waals surface area contributed by atoms with Gasteiger partial charge in [0.15, 0.2) is 0 Å². The summed E-state index contributed by atoms with van der Waals surface area (Å²) in [6, 6.07) is 8.68. The molecule has 4 unspecified atom stereocenters. The second kappa shape index (κ2) is 10.6. The van der Waals surface area contributed by atoms with E-state index in [1.165, 1.54) is 0 Å². The van der Waals surface area contributed by atoms with Crippen molar-refractivity contribution in [2.75, 3.05) is 18.5 Å². The first kappa shape index (κ1) is 25.5. The van der Waals surface area contributed by atoms with Crippen molar-refractivity contribution in [3.8, 4) is 0 Å². The zero-order chi connectivity index (χ0) is 24.5. The van der Waals surface area contributed by atoms with E-state index in [4.69, 9.17) is 0 Å². The minimum absolute atomic E-state index is 0.0166. The van der Waals surface area contributed by atoms with Gasteiger partial charge in [-0.15, -0.1) is 11.8 Å². The Morgan fingerprint density at radius 2 is 2.00 bits per heavy atom. The summed E-state index contributed by atoms with van der Waals surface area (Å²) in [6.45, 7) is 4.52. The summed E-state index contributed by atoms with van der Waals surface area (Å²) in [7, 11) is 0. The number of para-hydroxylation sites is 1. The molecule has 186 valence electrons. The molecule has 7 atom stereocenters. The predicted octanol–water partition coefficient (Wildman–Crippen LogP) is 3.17. The second-order valence-corrected chi connectivity index (χ2v) is 12.4. The molecule has 3 amide bonds. The molecule has 0 aliphatic carbocycles. The number of carbonyl (C=O) groups excluding carboxylic acids is 3. The van der Waals surface area contributed by atoms with E-state index in [-0.39, 0.29) is 40.4 Å². The van der Waals surface area contributed by atoms with Crippen LogP contribution in [0.25, 0.3) is 0 Å². The number of amides is 3. The topological polar surface area (TPSA) is 98.7 Å². The van der Waals surface area contributed by atoms with Gasteiger partial charge in [0.2, 0.25) is 17.7 Å². The number of likely N-dealkylation sites (tertiary alicyclic amines) is 1. The highest BCUT2D eigenvalue weighted by Crippen LogP contribution is 2.67. The number of anilines is 1. The van der Waals surface area contributed by atoms with E-state index >= 15 is 0 Å². The van der Waals surface area contributed by atoms with Gasteiger partial charge in [0, 0.05) is 35.0 Å². The van der Waals surface area contributed by atoms with Crippen LogP contribution in [0.1, 0.15) is 46.0 Å². The van der Waals surface area contributed by atoms with Crippen LogP contribution in [0.15, 0.2) is 30.3 Å². The number of halogens is 1. The number of hydrogen-bond donors (Lipinski definition) is 3. The Morgan fingerprint density at radius 3 is 2.68 bits per heavy atom. The number of rotatable bonds is 10. The molecule has 2 bridgehead atoms. The number of hydrogen-bond acceptors (Lipinski definition) is 5. The molecule has 1 aromatic rings. The quantitative estimate of drug-likeness (QED) is 0.306. The maximum atomic E-state index is 13.8. The maximum absolute atomic E-state index is 13.8. The summed E-state index contributed by atoms with van der Waals surface area (Å²) in [6.07, 6.45) is 3.68. The van der Waals surface area contributed by atoms with Gasteiger partial charge < -0.3 is 20.6 Å². The first-order chi connectivity index (χ1) is 16.3. The van der Waals surface area contributed by atoms with E-state index < -0.39 is 22.6 Å². The van der Waals surface area contributed by atoms with Crippen molar-refractivity contribution < 1.29 is 19.5 Å². The average Bonchev–Trinajstić information content (AvgIpc) is 3.38. The molecule has 1 spiro atoms. The third kappa shape index (κ3) is 4.51. The van der Waals surface area contributed by atoms with Crippen LogP contribution < -0.4 is 10.6 Å². The number of aliphatic hydroxyl groups excluding tert-OH is 1. The zero-order valence-corrected chi connectivity index (χ0v) is 22.1. The molecule has 3 aliphatic heterocycles. The Balaban J connectivity index is 1.65. The normalized spacial score (nSPS) is 32.5. The number of nitrogens with zero attached hydrogens (tertiary/aromatic N) is 1. The fourth-order valence-corrected chi connectivity index (χ4v) is 9.55. The van der Waals surface area contributed by atoms with Crippen LogP contribution in [-0.4, -0.2) is 67.8 Å². The molecule has 34 heavy (non-hydrogen) atoms. The lowest BCUT2D eigenvalue weighted by atomic mass is 9.70. The highest BCUT2D eigenvalue weighted by molar-refractivity contribution is 9.09. The van der Waals surface area contributed by atoms with E-state index in [0.717, 1.165) is 12.8 Å². The number of aliphatic hydroxyl groups is 1. The maximum Gasteiger partial charge on any atom is 0.244 e. The Bertz CT molecular complexity index is 919. The van der Waals surface area contributed by atoms with Crippen molar-refractivity contribution in [1.29, 1.82) is 0 Å². The number of unbranched alkanes of at least 4 members (excludes halogenated alkanes) is 1. The summed E-state index contributed by atoms with van der Waals surface area (Å²) >= 11 is 5.43. The fourth-order valence-electron chi connectivity index (χ4n) is 5.94. The van der Waals surface area contributed by atoms with Crippen LogP contribution in [0.3, 0.4) is 0 Å². The number of benzene rings is 1. The van der Waals surface area contributed by atoms with E-state index in [1.807, 2.05) is 37.3 Å². The van der Waals surface area contributed by atoms with Gasteiger partial charge in [-0.05, 0) is 44.7 Å². The Labute approximate surface area is 213 Å². The molecule has 9 heteroatoms. The lowest BCUT2D eigenvalue weighted by molar-refractivity contribution is -0.139. The zero-order valence-electron chi connectivity index (χ0n) is 19.7. The molecule has 3 fully saturated rings. The van der Waals surface area contributed by atoms with Crippen LogP contribution in [-0.2, 0) is 14.4 Å². The standard InChI is InChI=1S/C25H34BrN3O4S/c1-3-9-15(2)27-23(32)21-25-14-17(26)20(34-25)18(22(31)28-16-10-5-4-6-11-16)19(25)24(33)29(21)12-7-8-13-30/h4-6,10-11,15,17-21,30H,3,7-9,12-14H2,1-2H3,(H,27,32)(H,28,31)/t15?,17?,18-,19-,20-,21?,25?/m0/s1. The van der Waals surface area contributed by atoms with E-state index in [2.05, 4.69) is 33.5 Å². The number of nitrogens with one attached hydrogen (secondary N) is 2. The number of alkyl halides is 1. The van der Waals surface area contributed by atoms with Crippen molar-refractivity contribution in [3.63, 3.8) is 0 Å². The Morgan fingerprint density at radius 1 is 1.26 bits per heavy atom. The second-order valence-electron chi connectivity index (χ2n) is 9.68. The third-order valence-electron chi connectivity index (χ3n) is 7.30. The largest absolute Gasteiger partial charge is 0.396 e. The van der Waals surface area contributed by atoms with E-state index in [9.17, 15) is 19.5 Å². The van der Waals surface area contributed by atoms with Crippen LogP contribution in [0.4, 0.5) is 5.69 Å². The van der Waals surface area contributed by atoms with Gasteiger partial charge >= 0.3 is 0 Å². The SMILES string of the molecule is CCCC(C)NC(=O)C1N(CCCCO)C(=O)[C@@H]2[C@H](C(=O)Nc3ccccc3)[C@H]3SC12CC3Br. The van der Waals surface area contributed by atoms with Crippen molar-refractivity contribution >= 4 is 51.1 Å². The van der Waals surface area contributed by atoms with Crippen molar-refractivity contribution in [2.45, 2.75) is 72.9 Å². The summed E-state index contributed by atoms with van der Waals surface area (Å²) < 4.78 is -0.635. The van der Waals surface area contributed by atoms with E-state index in [1.54, 1.807) is 16.7 Å². The van der Waals surface area contributed by atoms with Crippen LogP contribution in [0, 0.1) is 11.8 Å². The molecule has 3 N–H and O–H groups in total. The lowest BCUT2D eigenvalue weighted by Gasteiger charge is -2.36. The third-order valence-corrected chi connectivity index (χ3v) is 10.5. The van der Waals surface area contributed by atoms with E-state index in [0.29, 0.717) is 31.5 Å². The fraction of sp³-hybridized carbons (Fsp3) is 0.640. The molecule has 3 aliphatic rings. The van der Waals surface area contributed by atoms with Gasteiger partial charge in [-0.25, -0.2) is 0 Å². The number of thioether (sulfide) groups is 1. The van der Waals surface area contributed by atoms with Crippen molar-refractivity contribution in [3.05, 3.63) is 30.3 Å². The van der Waals surface area contributed by atoms with Crippen LogP contribution >= 0.6 is 27.7 Å². The number of fused-ring (bicyclic) bond motifs is 1. The first-order valence-corrected chi connectivity index (χ1v) is 14.0. The molecular formula is C25H34BrN3O4S. The molecule has 7 nitrogen and oxygen atoms in total. The Kier molecular flexibility index (Phi) is 7.94. The highest BCUT2D eigenvalue weighted by atomic mass is 79.9. The molecular weight excluding hydrogens is 518 g/mol. The minimum atomic E-state index is -0.635. The van der Waals surface area contributed by atoms with Gasteiger partial charge in [-0.1, -0.05) is 47.5 Å². The van der Waals surface area contributed by atoms with Crippen molar-refractivity contribution in [1.82, 2.24) is 10.2 Å². The molecule has 0 aromatic heterocycles. The molecule has 0 radical (unpaired) electrons. The number of carbonyl (C=O) groups is 3. The molecule has 3 saturated heterocycles. The Hall–Kier alpha value is -1.58. The monoisotopic (exact) mass is 551 g/mol. The lowest BCUT2D eigenvalue weighted by Crippen LogP contribution is -2.55. The average molecular weight is 553 g/mol. The van der Waals surface area contributed by atoms with Crippen LogP contribution in [0.2, 0.25) is 0 Å². The summed E-state index contributed by atoms with van der Waals surface area (Å²) in [4.78, 5) is 42.7. The minimum Gasteiger partial charge on any atom is -0.396 e. The van der Waals surface area contributed by atoms with Gasteiger partial charge in [0.25, 0.3) is 0 Å². The van der Waals surface area contributed by atoms with Crippen LogP contribution in [0.5, 0.6) is 0 Å². The summed E-state index contributed by atoms with van der Waals surface area (Å²) in [5, 5.41) is 15.3. The van der Waals surface area contributed by atoms with Gasteiger partial charge in [0.1, 0.15) is 6.04 Å².